The Morgan fingerprint density at radius 1 is 1.50 bits per heavy atom. The van der Waals surface area contributed by atoms with E-state index in [1.165, 1.54) is 0 Å². The normalized spacial score (nSPS) is 16.4. The van der Waals surface area contributed by atoms with Crippen molar-refractivity contribution in [1.82, 2.24) is 0 Å². The molecule has 0 fully saturated rings. The molecule has 0 saturated heterocycles. The summed E-state index contributed by atoms with van der Waals surface area (Å²) in [5, 5.41) is 0.210. The second-order valence-electron chi connectivity index (χ2n) is 2.83. The van der Waals surface area contributed by atoms with Gasteiger partial charge in [0.15, 0.2) is 0 Å². The van der Waals surface area contributed by atoms with Crippen LogP contribution in [0.1, 0.15) is 33.6 Å². The smallest absolute Gasteiger partial charge is 0.136 e. The Kier molecular flexibility index (Phi) is 4.79. The van der Waals surface area contributed by atoms with Crippen molar-refractivity contribution in [2.75, 3.05) is 0 Å². The molecule has 2 heteroatoms. The van der Waals surface area contributed by atoms with Gasteiger partial charge in [0.25, 0.3) is 0 Å². The molecule has 2 atom stereocenters. The van der Waals surface area contributed by atoms with Crippen molar-refractivity contribution in [2.45, 2.75) is 38.9 Å². The molecule has 10 heavy (non-hydrogen) atoms. The van der Waals surface area contributed by atoms with Crippen LogP contribution in [-0.2, 0) is 4.79 Å². The summed E-state index contributed by atoms with van der Waals surface area (Å²) in [6, 6.07) is 0. The summed E-state index contributed by atoms with van der Waals surface area (Å²) in [4.78, 5) is 11.1. The van der Waals surface area contributed by atoms with Crippen LogP contribution in [0.3, 0.4) is 0 Å². The standard InChI is InChI=1S/C8H16OS/c1-4-6(2)8(9)5-7(3)10/h6-7,10H,4-5H2,1-3H3/t6-,7+/m1/s1. The van der Waals surface area contributed by atoms with Crippen LogP contribution in [-0.4, -0.2) is 11.0 Å². The van der Waals surface area contributed by atoms with E-state index in [2.05, 4.69) is 12.6 Å². The zero-order chi connectivity index (χ0) is 8.15. The van der Waals surface area contributed by atoms with Gasteiger partial charge in [-0.1, -0.05) is 20.8 Å². The molecule has 0 radical (unpaired) electrons. The van der Waals surface area contributed by atoms with Crippen molar-refractivity contribution in [3.8, 4) is 0 Å². The van der Waals surface area contributed by atoms with Gasteiger partial charge < -0.3 is 0 Å². The lowest BCUT2D eigenvalue weighted by molar-refractivity contribution is -0.122. The van der Waals surface area contributed by atoms with Gasteiger partial charge in [0, 0.05) is 17.6 Å². The fourth-order valence-corrected chi connectivity index (χ4v) is 0.900. The molecular weight excluding hydrogens is 144 g/mol. The number of hydrogen-bond donors (Lipinski definition) is 1. The van der Waals surface area contributed by atoms with Crippen molar-refractivity contribution >= 4 is 18.4 Å². The van der Waals surface area contributed by atoms with Crippen LogP contribution in [0.15, 0.2) is 0 Å². The third-order valence-corrected chi connectivity index (χ3v) is 1.84. The molecule has 0 aromatic rings. The van der Waals surface area contributed by atoms with Crippen molar-refractivity contribution in [3.05, 3.63) is 0 Å². The van der Waals surface area contributed by atoms with E-state index >= 15 is 0 Å². The average molecular weight is 160 g/mol. The second kappa shape index (κ2) is 4.78. The molecule has 0 aromatic carbocycles. The van der Waals surface area contributed by atoms with Crippen LogP contribution < -0.4 is 0 Å². The maximum absolute atomic E-state index is 11.1. The zero-order valence-electron chi connectivity index (χ0n) is 6.92. The molecule has 0 rings (SSSR count). The molecule has 0 aliphatic carbocycles. The molecule has 0 aliphatic rings. The third-order valence-electron chi connectivity index (χ3n) is 1.66. The van der Waals surface area contributed by atoms with Gasteiger partial charge in [0.1, 0.15) is 5.78 Å². The van der Waals surface area contributed by atoms with E-state index in [9.17, 15) is 4.79 Å². The van der Waals surface area contributed by atoms with Gasteiger partial charge in [-0.15, -0.1) is 0 Å². The van der Waals surface area contributed by atoms with Crippen molar-refractivity contribution < 1.29 is 4.79 Å². The molecule has 0 spiro atoms. The molecule has 0 amide bonds. The summed E-state index contributed by atoms with van der Waals surface area (Å²) in [6.07, 6.45) is 1.55. The lowest BCUT2D eigenvalue weighted by Crippen LogP contribution is -2.13. The third kappa shape index (κ3) is 3.94. The lowest BCUT2D eigenvalue weighted by atomic mass is 10.0. The van der Waals surface area contributed by atoms with Crippen LogP contribution >= 0.6 is 12.6 Å². The highest BCUT2D eigenvalue weighted by atomic mass is 32.1. The van der Waals surface area contributed by atoms with E-state index in [0.717, 1.165) is 6.42 Å². The molecule has 1 nitrogen and oxygen atoms in total. The van der Waals surface area contributed by atoms with Crippen molar-refractivity contribution in [3.63, 3.8) is 0 Å². The molecule has 0 aromatic heterocycles. The maximum atomic E-state index is 11.1. The second-order valence-corrected chi connectivity index (χ2v) is 3.71. The first-order valence-electron chi connectivity index (χ1n) is 3.78. The van der Waals surface area contributed by atoms with Crippen LogP contribution in [0.25, 0.3) is 0 Å². The largest absolute Gasteiger partial charge is 0.299 e. The van der Waals surface area contributed by atoms with E-state index in [1.54, 1.807) is 0 Å². The minimum absolute atomic E-state index is 0.210. The molecule has 0 heterocycles. The highest BCUT2D eigenvalue weighted by Gasteiger charge is 2.11. The first kappa shape index (κ1) is 10.0. The Labute approximate surface area is 68.6 Å². The van der Waals surface area contributed by atoms with Gasteiger partial charge in [-0.3, -0.25) is 4.79 Å². The molecular formula is C8H16OS. The van der Waals surface area contributed by atoms with E-state index in [1.807, 2.05) is 20.8 Å². The monoisotopic (exact) mass is 160 g/mol. The SMILES string of the molecule is CC[C@@H](C)C(=O)C[C@H](C)S. The number of carbonyl (C=O) groups excluding carboxylic acids is 1. The van der Waals surface area contributed by atoms with Gasteiger partial charge in [-0.05, 0) is 6.42 Å². The van der Waals surface area contributed by atoms with Gasteiger partial charge in [0.2, 0.25) is 0 Å². The summed E-state index contributed by atoms with van der Waals surface area (Å²) in [6.45, 7) is 5.95. The number of rotatable bonds is 4. The summed E-state index contributed by atoms with van der Waals surface area (Å²) in [7, 11) is 0. The summed E-state index contributed by atoms with van der Waals surface area (Å²) in [5.41, 5.74) is 0. The zero-order valence-corrected chi connectivity index (χ0v) is 7.82. The van der Waals surface area contributed by atoms with E-state index in [0.29, 0.717) is 12.2 Å². The van der Waals surface area contributed by atoms with Crippen LogP contribution in [0, 0.1) is 5.92 Å². The predicted octanol–water partition coefficient (Wildman–Crippen LogP) is 2.31. The minimum Gasteiger partial charge on any atom is -0.299 e. The highest BCUT2D eigenvalue weighted by molar-refractivity contribution is 7.80. The summed E-state index contributed by atoms with van der Waals surface area (Å²) >= 11 is 4.15. The molecule has 60 valence electrons. The average Bonchev–Trinajstić information content (AvgIpc) is 1.85. The van der Waals surface area contributed by atoms with Gasteiger partial charge >= 0.3 is 0 Å². The van der Waals surface area contributed by atoms with Gasteiger partial charge in [0.05, 0.1) is 0 Å². The molecule has 0 N–H and O–H groups in total. The molecule has 0 aliphatic heterocycles. The Morgan fingerprint density at radius 2 is 2.00 bits per heavy atom. The lowest BCUT2D eigenvalue weighted by Gasteiger charge is -2.07. The topological polar surface area (TPSA) is 17.1 Å². The Bertz CT molecular complexity index is 110. The summed E-state index contributed by atoms with van der Waals surface area (Å²) < 4.78 is 0. The fraction of sp³-hybridized carbons (Fsp3) is 0.875. The van der Waals surface area contributed by atoms with Crippen LogP contribution in [0.4, 0.5) is 0 Å². The Hall–Kier alpha value is 0.0200. The quantitative estimate of drug-likeness (QED) is 0.624. The first-order valence-corrected chi connectivity index (χ1v) is 4.30. The van der Waals surface area contributed by atoms with Crippen LogP contribution in [0.2, 0.25) is 0 Å². The maximum Gasteiger partial charge on any atom is 0.136 e. The Balaban J connectivity index is 3.62. The van der Waals surface area contributed by atoms with Crippen LogP contribution in [0.5, 0.6) is 0 Å². The molecule has 0 unspecified atom stereocenters. The number of Topliss-reactive ketones (excluding diaryl/α,β-unsaturated/α-hetero) is 1. The number of thiol groups is 1. The molecule has 0 saturated carbocycles. The first-order chi connectivity index (χ1) is 4.57. The number of carbonyl (C=O) groups is 1. The number of hydrogen-bond acceptors (Lipinski definition) is 2. The number of ketones is 1. The summed E-state index contributed by atoms with van der Waals surface area (Å²) in [5.74, 6) is 0.555. The van der Waals surface area contributed by atoms with Gasteiger partial charge in [-0.2, -0.15) is 12.6 Å². The highest BCUT2D eigenvalue weighted by Crippen LogP contribution is 2.09. The van der Waals surface area contributed by atoms with E-state index in [4.69, 9.17) is 0 Å². The fourth-order valence-electron chi connectivity index (χ4n) is 0.720. The van der Waals surface area contributed by atoms with Gasteiger partial charge in [-0.25, -0.2) is 0 Å². The molecule has 0 bridgehead atoms. The Morgan fingerprint density at radius 3 is 2.30 bits per heavy atom. The minimum atomic E-state index is 0.210. The van der Waals surface area contributed by atoms with Crippen molar-refractivity contribution in [1.29, 1.82) is 0 Å². The van der Waals surface area contributed by atoms with Crippen molar-refractivity contribution in [2.24, 2.45) is 5.92 Å². The predicted molar refractivity (Wildman–Crippen MR) is 47.5 cm³/mol. The van der Waals surface area contributed by atoms with E-state index in [-0.39, 0.29) is 11.2 Å². The van der Waals surface area contributed by atoms with E-state index < -0.39 is 0 Å².